The number of ketones is 1. The van der Waals surface area contributed by atoms with E-state index in [-0.39, 0.29) is 6.54 Å². The summed E-state index contributed by atoms with van der Waals surface area (Å²) in [5, 5.41) is 2.16. The fourth-order valence-corrected chi connectivity index (χ4v) is 0.444. The Morgan fingerprint density at radius 1 is 1.43 bits per heavy atom. The molecule has 0 atom stereocenters. The summed E-state index contributed by atoms with van der Waals surface area (Å²) in [6.45, 7) is -0.294. The van der Waals surface area contributed by atoms with E-state index in [9.17, 15) is 22.8 Å². The quantitative estimate of drug-likeness (QED) is 0.540. The largest absolute Gasteiger partial charge is 0.468 e. The number of ether oxygens (including phenoxy) is 1. The lowest BCUT2D eigenvalue weighted by Crippen LogP contribution is -2.22. The van der Waals surface area contributed by atoms with Crippen LogP contribution in [-0.2, 0) is 14.3 Å². The maximum Gasteiger partial charge on any atom is 0.454 e. The van der Waals surface area contributed by atoms with E-state index in [0.717, 1.165) is 13.3 Å². The van der Waals surface area contributed by atoms with Gasteiger partial charge < -0.3 is 10.1 Å². The molecule has 0 saturated heterocycles. The number of alkyl halides is 3. The summed E-state index contributed by atoms with van der Waals surface area (Å²) >= 11 is 0. The average Bonchev–Trinajstić information content (AvgIpc) is 2.09. The predicted molar refractivity (Wildman–Crippen MR) is 40.2 cm³/mol. The summed E-state index contributed by atoms with van der Waals surface area (Å²) in [7, 11) is 1.13. The number of esters is 1. The van der Waals surface area contributed by atoms with Crippen molar-refractivity contribution in [2.24, 2.45) is 0 Å². The van der Waals surface area contributed by atoms with Crippen molar-refractivity contribution < 1.29 is 27.5 Å². The molecule has 14 heavy (non-hydrogen) atoms. The number of methoxy groups -OCH3 is 1. The Kier molecular flexibility index (Phi) is 4.68. The van der Waals surface area contributed by atoms with Crippen LogP contribution in [-0.4, -0.2) is 31.6 Å². The summed E-state index contributed by atoms with van der Waals surface area (Å²) in [4.78, 5) is 20.6. The number of hydrogen-bond acceptors (Lipinski definition) is 4. The highest BCUT2D eigenvalue weighted by Gasteiger charge is 2.35. The van der Waals surface area contributed by atoms with E-state index >= 15 is 0 Å². The molecule has 0 spiro atoms. The Balaban J connectivity index is 3.85. The van der Waals surface area contributed by atoms with Gasteiger partial charge in [-0.3, -0.25) is 9.59 Å². The molecule has 0 aromatic carbocycles. The molecule has 0 unspecified atom stereocenters. The van der Waals surface area contributed by atoms with Crippen molar-refractivity contribution >= 4 is 11.8 Å². The summed E-state index contributed by atoms with van der Waals surface area (Å²) in [6.07, 6.45) is -3.85. The third-order valence-electron chi connectivity index (χ3n) is 1.11. The lowest BCUT2D eigenvalue weighted by atomic mass is 10.4. The zero-order valence-corrected chi connectivity index (χ0v) is 7.22. The number of allylic oxidation sites excluding steroid dienone is 1. The Hall–Kier alpha value is -1.53. The van der Waals surface area contributed by atoms with Gasteiger partial charge >= 0.3 is 12.1 Å². The van der Waals surface area contributed by atoms with Crippen molar-refractivity contribution in [1.29, 1.82) is 0 Å². The van der Waals surface area contributed by atoms with Crippen molar-refractivity contribution in [2.75, 3.05) is 13.7 Å². The minimum absolute atomic E-state index is 0.294. The van der Waals surface area contributed by atoms with Crippen molar-refractivity contribution in [3.63, 3.8) is 0 Å². The number of carbonyl (C=O) groups is 2. The maximum atomic E-state index is 11.6. The highest BCUT2D eigenvalue weighted by Crippen LogP contribution is 2.15. The zero-order chi connectivity index (χ0) is 11.2. The van der Waals surface area contributed by atoms with Gasteiger partial charge in [0.15, 0.2) is 0 Å². The van der Waals surface area contributed by atoms with Gasteiger partial charge in [0.05, 0.1) is 7.11 Å². The van der Waals surface area contributed by atoms with E-state index in [1.165, 1.54) is 0 Å². The fourth-order valence-electron chi connectivity index (χ4n) is 0.444. The van der Waals surface area contributed by atoms with E-state index in [1.54, 1.807) is 0 Å². The number of carbonyl (C=O) groups excluding carboxylic acids is 2. The highest BCUT2D eigenvalue weighted by molar-refractivity contribution is 5.94. The van der Waals surface area contributed by atoms with Crippen LogP contribution in [0.15, 0.2) is 12.3 Å². The Morgan fingerprint density at radius 3 is 2.43 bits per heavy atom. The van der Waals surface area contributed by atoms with Crippen LogP contribution in [0.4, 0.5) is 13.2 Å². The lowest BCUT2D eigenvalue weighted by molar-refractivity contribution is -0.165. The maximum absolute atomic E-state index is 11.6. The topological polar surface area (TPSA) is 55.4 Å². The molecular weight excluding hydrogens is 203 g/mol. The number of nitrogens with one attached hydrogen (secondary N) is 1. The molecule has 0 aromatic heterocycles. The zero-order valence-electron chi connectivity index (χ0n) is 7.22. The number of halogens is 3. The molecule has 0 rings (SSSR count). The molecule has 80 valence electrons. The van der Waals surface area contributed by atoms with Gasteiger partial charge in [0.25, 0.3) is 5.78 Å². The molecule has 0 aliphatic carbocycles. The molecule has 0 saturated carbocycles. The minimum Gasteiger partial charge on any atom is -0.468 e. The Labute approximate surface area is 77.7 Å². The minimum atomic E-state index is -4.89. The van der Waals surface area contributed by atoms with E-state index in [0.29, 0.717) is 6.08 Å². The molecule has 0 aliphatic heterocycles. The number of hydrogen-bond donors (Lipinski definition) is 1. The molecule has 0 aromatic rings. The standard InChI is InChI=1S/C7H8F3NO3/c1-14-6(13)4-11-3-2-5(12)7(8,9)10/h2-3,11H,4H2,1H3. The summed E-state index contributed by atoms with van der Waals surface area (Å²) in [5.41, 5.74) is 0. The second-order valence-corrected chi connectivity index (χ2v) is 2.15. The molecule has 1 N–H and O–H groups in total. The molecule has 7 heteroatoms. The Bertz CT molecular complexity index is 247. The van der Waals surface area contributed by atoms with Gasteiger partial charge in [-0.1, -0.05) is 0 Å². The van der Waals surface area contributed by atoms with Crippen molar-refractivity contribution in [1.82, 2.24) is 5.32 Å². The molecular formula is C7H8F3NO3. The van der Waals surface area contributed by atoms with Gasteiger partial charge in [-0.2, -0.15) is 13.2 Å². The SMILES string of the molecule is COC(=O)CNC=CC(=O)C(F)(F)F. The van der Waals surface area contributed by atoms with Gasteiger partial charge in [0, 0.05) is 12.3 Å². The van der Waals surface area contributed by atoms with Crippen LogP contribution in [0.3, 0.4) is 0 Å². The van der Waals surface area contributed by atoms with Crippen LogP contribution < -0.4 is 5.32 Å². The van der Waals surface area contributed by atoms with Crippen LogP contribution >= 0.6 is 0 Å². The highest BCUT2D eigenvalue weighted by atomic mass is 19.4. The van der Waals surface area contributed by atoms with Crippen molar-refractivity contribution in [2.45, 2.75) is 6.18 Å². The van der Waals surface area contributed by atoms with Gasteiger partial charge in [0.2, 0.25) is 0 Å². The van der Waals surface area contributed by atoms with E-state index < -0.39 is 17.9 Å². The molecule has 0 aliphatic rings. The van der Waals surface area contributed by atoms with E-state index in [4.69, 9.17) is 0 Å². The second-order valence-electron chi connectivity index (χ2n) is 2.15. The normalized spacial score (nSPS) is 11.4. The fraction of sp³-hybridized carbons (Fsp3) is 0.429. The van der Waals surface area contributed by atoms with Crippen LogP contribution in [0.25, 0.3) is 0 Å². The predicted octanol–water partition coefficient (Wildman–Crippen LogP) is 0.394. The van der Waals surface area contributed by atoms with E-state index in [2.05, 4.69) is 10.1 Å². The summed E-state index contributed by atoms with van der Waals surface area (Å²) < 4.78 is 38.9. The van der Waals surface area contributed by atoms with Gasteiger partial charge in [-0.25, -0.2) is 0 Å². The van der Waals surface area contributed by atoms with Gasteiger partial charge in [-0.05, 0) is 0 Å². The summed E-state index contributed by atoms with van der Waals surface area (Å²) in [5.74, 6) is -2.64. The average molecular weight is 211 g/mol. The van der Waals surface area contributed by atoms with Crippen LogP contribution in [0, 0.1) is 0 Å². The first-order valence-electron chi connectivity index (χ1n) is 3.46. The molecule has 4 nitrogen and oxygen atoms in total. The first kappa shape index (κ1) is 12.5. The third-order valence-corrected chi connectivity index (χ3v) is 1.11. The van der Waals surface area contributed by atoms with E-state index in [1.807, 2.05) is 0 Å². The molecule has 0 fully saturated rings. The van der Waals surface area contributed by atoms with Crippen molar-refractivity contribution in [3.05, 3.63) is 12.3 Å². The molecule has 0 bridgehead atoms. The molecule has 0 heterocycles. The first-order chi connectivity index (χ1) is 6.38. The second kappa shape index (κ2) is 5.25. The van der Waals surface area contributed by atoms with Crippen molar-refractivity contribution in [3.8, 4) is 0 Å². The van der Waals surface area contributed by atoms with Crippen LogP contribution in [0.5, 0.6) is 0 Å². The van der Waals surface area contributed by atoms with Crippen LogP contribution in [0.2, 0.25) is 0 Å². The lowest BCUT2D eigenvalue weighted by Gasteiger charge is -2.00. The molecule has 0 amide bonds. The monoisotopic (exact) mass is 211 g/mol. The first-order valence-corrected chi connectivity index (χ1v) is 3.46. The third kappa shape index (κ3) is 5.18. The van der Waals surface area contributed by atoms with Gasteiger partial charge in [0.1, 0.15) is 6.54 Å². The smallest absolute Gasteiger partial charge is 0.454 e. The Morgan fingerprint density at radius 2 is 2.00 bits per heavy atom. The van der Waals surface area contributed by atoms with Crippen LogP contribution in [0.1, 0.15) is 0 Å². The van der Waals surface area contributed by atoms with Gasteiger partial charge in [-0.15, -0.1) is 0 Å². The summed E-state index contributed by atoms with van der Waals surface area (Å²) in [6, 6.07) is 0. The molecule has 0 radical (unpaired) electrons. The number of rotatable bonds is 4.